The van der Waals surface area contributed by atoms with Crippen LogP contribution in [-0.2, 0) is 4.79 Å². The molecule has 6 heteroatoms. The lowest BCUT2D eigenvalue weighted by molar-refractivity contribution is -0.114. The molecular formula is C14H15ClN2O3. The van der Waals surface area contributed by atoms with Crippen molar-refractivity contribution in [1.82, 2.24) is 0 Å². The van der Waals surface area contributed by atoms with Crippen molar-refractivity contribution < 1.29 is 15.0 Å². The van der Waals surface area contributed by atoms with Crippen LogP contribution in [0.1, 0.15) is 6.92 Å². The number of nitrogens with two attached hydrogens (primary N) is 1. The molecule has 0 heterocycles. The lowest BCUT2D eigenvalue weighted by Crippen LogP contribution is -2.04. The summed E-state index contributed by atoms with van der Waals surface area (Å²) in [5.41, 5.74) is 6.28. The van der Waals surface area contributed by atoms with Crippen molar-refractivity contribution in [1.29, 1.82) is 0 Å². The van der Waals surface area contributed by atoms with E-state index >= 15 is 0 Å². The minimum atomic E-state index is -0.115. The average molecular weight is 295 g/mol. The van der Waals surface area contributed by atoms with Gasteiger partial charge < -0.3 is 21.3 Å². The van der Waals surface area contributed by atoms with E-state index in [9.17, 15) is 4.79 Å². The number of amides is 1. The molecule has 2 aromatic rings. The van der Waals surface area contributed by atoms with Crippen molar-refractivity contribution in [2.45, 2.75) is 6.92 Å². The molecule has 106 valence electrons. The molecule has 0 aliphatic carbocycles. The van der Waals surface area contributed by atoms with Gasteiger partial charge in [-0.25, -0.2) is 0 Å². The summed E-state index contributed by atoms with van der Waals surface area (Å²) in [6, 6.07) is 10.8. The molecule has 0 aromatic heterocycles. The highest BCUT2D eigenvalue weighted by Gasteiger charge is 1.94. The van der Waals surface area contributed by atoms with E-state index in [-0.39, 0.29) is 17.4 Å². The second-order valence-electron chi connectivity index (χ2n) is 3.93. The summed E-state index contributed by atoms with van der Waals surface area (Å²) in [6.07, 6.45) is 0. The zero-order valence-electron chi connectivity index (χ0n) is 10.8. The summed E-state index contributed by atoms with van der Waals surface area (Å²) in [5, 5.41) is 20.9. The summed E-state index contributed by atoms with van der Waals surface area (Å²) >= 11 is 5.53. The number of carbonyl (C=O) groups excluding carboxylic acids is 1. The first-order valence-corrected chi connectivity index (χ1v) is 6.07. The van der Waals surface area contributed by atoms with Crippen LogP contribution in [0.15, 0.2) is 42.5 Å². The van der Waals surface area contributed by atoms with E-state index in [1.807, 2.05) is 0 Å². The molecule has 5 N–H and O–H groups in total. The van der Waals surface area contributed by atoms with Gasteiger partial charge in [-0.3, -0.25) is 4.79 Å². The lowest BCUT2D eigenvalue weighted by atomic mass is 10.3. The predicted molar refractivity (Wildman–Crippen MR) is 79.9 cm³/mol. The molecule has 0 aliphatic rings. The van der Waals surface area contributed by atoms with Crippen molar-refractivity contribution in [3.63, 3.8) is 0 Å². The Morgan fingerprint density at radius 3 is 2.20 bits per heavy atom. The Bertz CT molecular complexity index is 585. The zero-order chi connectivity index (χ0) is 15.1. The highest BCUT2D eigenvalue weighted by atomic mass is 35.5. The van der Waals surface area contributed by atoms with E-state index in [1.165, 1.54) is 31.2 Å². The second-order valence-corrected chi connectivity index (χ2v) is 4.37. The molecule has 20 heavy (non-hydrogen) atoms. The topological polar surface area (TPSA) is 95.6 Å². The molecule has 0 spiro atoms. The molecular weight excluding hydrogens is 280 g/mol. The van der Waals surface area contributed by atoms with Gasteiger partial charge >= 0.3 is 0 Å². The standard InChI is InChI=1S/C8H9NO2.C6H6ClNO/c1-6(10)9-7-2-4-8(11)5-3-7;7-4-1-2-6(9)5(8)3-4/h2-5,11H,1H3,(H,9,10);1-3,9H,8H2. The van der Waals surface area contributed by atoms with E-state index in [1.54, 1.807) is 18.2 Å². The monoisotopic (exact) mass is 294 g/mol. The minimum Gasteiger partial charge on any atom is -0.508 e. The summed E-state index contributed by atoms with van der Waals surface area (Å²) < 4.78 is 0. The van der Waals surface area contributed by atoms with Gasteiger partial charge in [-0.1, -0.05) is 11.6 Å². The molecule has 0 unspecified atom stereocenters. The number of nitrogen functional groups attached to an aromatic ring is 1. The van der Waals surface area contributed by atoms with Gasteiger partial charge in [0.15, 0.2) is 0 Å². The fourth-order valence-corrected chi connectivity index (χ4v) is 1.45. The number of benzene rings is 2. The fraction of sp³-hybridized carbons (Fsp3) is 0.0714. The molecule has 2 rings (SSSR count). The number of anilines is 2. The highest BCUT2D eigenvalue weighted by molar-refractivity contribution is 6.30. The zero-order valence-corrected chi connectivity index (χ0v) is 11.6. The third kappa shape index (κ3) is 5.49. The first-order chi connectivity index (χ1) is 9.38. The van der Waals surface area contributed by atoms with Gasteiger partial charge in [-0.05, 0) is 42.5 Å². The van der Waals surface area contributed by atoms with Crippen molar-refractivity contribution in [2.75, 3.05) is 11.1 Å². The molecule has 0 saturated heterocycles. The average Bonchev–Trinajstić information content (AvgIpc) is 2.37. The largest absolute Gasteiger partial charge is 0.508 e. The number of phenolic OH excluding ortho intramolecular Hbond substituents is 2. The van der Waals surface area contributed by atoms with E-state index in [0.717, 1.165) is 0 Å². The first-order valence-electron chi connectivity index (χ1n) is 5.69. The maximum atomic E-state index is 10.5. The SMILES string of the molecule is CC(=O)Nc1ccc(O)cc1.Nc1cc(Cl)ccc1O. The van der Waals surface area contributed by atoms with Gasteiger partial charge in [0.05, 0.1) is 5.69 Å². The van der Waals surface area contributed by atoms with Crippen LogP contribution >= 0.6 is 11.6 Å². The third-order valence-corrected chi connectivity index (χ3v) is 2.41. The van der Waals surface area contributed by atoms with Crippen LogP contribution < -0.4 is 11.1 Å². The number of halogens is 1. The van der Waals surface area contributed by atoms with Crippen LogP contribution in [0.5, 0.6) is 11.5 Å². The molecule has 5 nitrogen and oxygen atoms in total. The Kier molecular flexibility index (Phi) is 5.68. The van der Waals surface area contributed by atoms with Crippen LogP contribution in [0.25, 0.3) is 0 Å². The van der Waals surface area contributed by atoms with Crippen molar-refractivity contribution in [3.05, 3.63) is 47.5 Å². The summed E-state index contributed by atoms with van der Waals surface area (Å²) in [5.74, 6) is 0.147. The Balaban J connectivity index is 0.000000204. The molecule has 0 saturated carbocycles. The molecule has 0 radical (unpaired) electrons. The molecule has 1 amide bonds. The molecule has 0 atom stereocenters. The number of rotatable bonds is 1. The van der Waals surface area contributed by atoms with Crippen molar-refractivity contribution >= 4 is 28.9 Å². The Morgan fingerprint density at radius 1 is 1.15 bits per heavy atom. The van der Waals surface area contributed by atoms with Gasteiger partial charge in [0.2, 0.25) is 5.91 Å². The molecule has 0 fully saturated rings. The normalized spacial score (nSPS) is 9.30. The van der Waals surface area contributed by atoms with Crippen LogP contribution in [-0.4, -0.2) is 16.1 Å². The maximum Gasteiger partial charge on any atom is 0.221 e. The molecule has 0 aliphatic heterocycles. The van der Waals surface area contributed by atoms with Gasteiger partial charge in [0.1, 0.15) is 11.5 Å². The van der Waals surface area contributed by atoms with Crippen LogP contribution in [0.4, 0.5) is 11.4 Å². The number of nitrogens with one attached hydrogen (secondary N) is 1. The molecule has 0 bridgehead atoms. The summed E-state index contributed by atoms with van der Waals surface area (Å²) in [7, 11) is 0. The minimum absolute atomic E-state index is 0.0689. The number of phenols is 2. The number of aromatic hydroxyl groups is 2. The third-order valence-electron chi connectivity index (χ3n) is 2.18. The number of hydrogen-bond donors (Lipinski definition) is 4. The van der Waals surface area contributed by atoms with E-state index in [0.29, 0.717) is 16.4 Å². The Labute approximate surface area is 121 Å². The van der Waals surface area contributed by atoms with Gasteiger partial charge in [-0.2, -0.15) is 0 Å². The first kappa shape index (κ1) is 15.7. The number of carbonyl (C=O) groups is 1. The van der Waals surface area contributed by atoms with E-state index in [4.69, 9.17) is 27.5 Å². The Morgan fingerprint density at radius 2 is 1.75 bits per heavy atom. The van der Waals surface area contributed by atoms with Crippen LogP contribution in [0.2, 0.25) is 5.02 Å². The maximum absolute atomic E-state index is 10.5. The van der Waals surface area contributed by atoms with E-state index < -0.39 is 0 Å². The lowest BCUT2D eigenvalue weighted by Gasteiger charge is -1.99. The van der Waals surface area contributed by atoms with Gasteiger partial charge in [0.25, 0.3) is 0 Å². The summed E-state index contributed by atoms with van der Waals surface area (Å²) in [6.45, 7) is 1.44. The van der Waals surface area contributed by atoms with Crippen molar-refractivity contribution in [2.24, 2.45) is 0 Å². The highest BCUT2D eigenvalue weighted by Crippen LogP contribution is 2.22. The quantitative estimate of drug-likeness (QED) is 0.369. The predicted octanol–water partition coefficient (Wildman–Crippen LogP) is 2.98. The second kappa shape index (κ2) is 7.25. The van der Waals surface area contributed by atoms with Gasteiger partial charge in [-0.15, -0.1) is 0 Å². The van der Waals surface area contributed by atoms with Crippen LogP contribution in [0, 0.1) is 0 Å². The summed E-state index contributed by atoms with van der Waals surface area (Å²) in [4.78, 5) is 10.5. The van der Waals surface area contributed by atoms with Crippen molar-refractivity contribution in [3.8, 4) is 11.5 Å². The van der Waals surface area contributed by atoms with Crippen LogP contribution in [0.3, 0.4) is 0 Å². The van der Waals surface area contributed by atoms with Gasteiger partial charge in [0, 0.05) is 17.6 Å². The Hall–Kier alpha value is -2.40. The smallest absolute Gasteiger partial charge is 0.221 e. The van der Waals surface area contributed by atoms with E-state index in [2.05, 4.69) is 5.32 Å². The molecule has 2 aromatic carbocycles. The fourth-order valence-electron chi connectivity index (χ4n) is 1.27. The number of hydrogen-bond acceptors (Lipinski definition) is 4.